The lowest BCUT2D eigenvalue weighted by Gasteiger charge is -2.54. The van der Waals surface area contributed by atoms with E-state index >= 15 is 0 Å². The molecule has 1 aromatic carbocycles. The van der Waals surface area contributed by atoms with E-state index in [2.05, 4.69) is 5.32 Å². The Labute approximate surface area is 132 Å². The Bertz CT molecular complexity index is 520. The molecule has 4 heteroatoms. The first-order valence-electron chi connectivity index (χ1n) is 8.41. The summed E-state index contributed by atoms with van der Waals surface area (Å²) in [6.45, 7) is 3.31. The first-order chi connectivity index (χ1) is 10.7. The van der Waals surface area contributed by atoms with Crippen LogP contribution in [0, 0.1) is 5.41 Å². The summed E-state index contributed by atoms with van der Waals surface area (Å²) in [6.07, 6.45) is 6.12. The molecule has 0 radical (unpaired) electrons. The molecule has 2 aliphatic rings. The van der Waals surface area contributed by atoms with E-state index < -0.39 is 0 Å². The lowest BCUT2D eigenvalue weighted by Crippen LogP contribution is -2.63. The molecule has 1 spiro atoms. The zero-order valence-electron chi connectivity index (χ0n) is 13.3. The number of hydrogen-bond donors (Lipinski definition) is 2. The number of benzene rings is 1. The molecule has 22 heavy (non-hydrogen) atoms. The SMILES string of the molecule is CCOC1CC(NC(=O)c2ccc(CN)cc2)C12CCCC2. The lowest BCUT2D eigenvalue weighted by atomic mass is 9.60. The summed E-state index contributed by atoms with van der Waals surface area (Å²) in [5.41, 5.74) is 7.54. The molecular formula is C18H26N2O2. The maximum atomic E-state index is 12.5. The maximum absolute atomic E-state index is 12.5. The van der Waals surface area contributed by atoms with Gasteiger partial charge >= 0.3 is 0 Å². The molecule has 120 valence electrons. The van der Waals surface area contributed by atoms with Crippen molar-refractivity contribution < 1.29 is 9.53 Å². The normalized spacial score (nSPS) is 25.9. The predicted octanol–water partition coefficient (Wildman–Crippen LogP) is 2.61. The second-order valence-corrected chi connectivity index (χ2v) is 6.55. The van der Waals surface area contributed by atoms with Gasteiger partial charge in [0.15, 0.2) is 0 Å². The fourth-order valence-corrected chi connectivity index (χ4v) is 4.12. The predicted molar refractivity (Wildman–Crippen MR) is 86.5 cm³/mol. The van der Waals surface area contributed by atoms with Gasteiger partial charge < -0.3 is 15.8 Å². The fraction of sp³-hybridized carbons (Fsp3) is 0.611. The van der Waals surface area contributed by atoms with Crippen molar-refractivity contribution in [2.75, 3.05) is 6.61 Å². The minimum Gasteiger partial charge on any atom is -0.378 e. The Morgan fingerprint density at radius 3 is 2.59 bits per heavy atom. The molecule has 0 aromatic heterocycles. The smallest absolute Gasteiger partial charge is 0.251 e. The standard InChI is InChI=1S/C18H26N2O2/c1-2-22-16-11-15(18(16)9-3-4-10-18)20-17(21)14-7-5-13(12-19)6-8-14/h5-8,15-16H,2-4,9-12,19H2,1H3,(H,20,21). The molecule has 1 aromatic rings. The van der Waals surface area contributed by atoms with Crippen molar-refractivity contribution in [2.24, 2.45) is 11.1 Å². The second kappa shape index (κ2) is 6.39. The van der Waals surface area contributed by atoms with Gasteiger partial charge in [-0.25, -0.2) is 0 Å². The minimum atomic E-state index is 0.0230. The third kappa shape index (κ3) is 2.66. The van der Waals surface area contributed by atoms with Gasteiger partial charge in [-0.2, -0.15) is 0 Å². The van der Waals surface area contributed by atoms with Crippen LogP contribution in [0.25, 0.3) is 0 Å². The summed E-state index contributed by atoms with van der Waals surface area (Å²) in [5.74, 6) is 0.0230. The van der Waals surface area contributed by atoms with E-state index in [1.807, 2.05) is 31.2 Å². The average Bonchev–Trinajstić information content (AvgIpc) is 3.06. The molecule has 2 saturated carbocycles. The minimum absolute atomic E-state index is 0.0230. The van der Waals surface area contributed by atoms with Crippen LogP contribution >= 0.6 is 0 Å². The molecule has 2 aliphatic carbocycles. The average molecular weight is 302 g/mol. The highest BCUT2D eigenvalue weighted by Gasteiger charge is 2.57. The van der Waals surface area contributed by atoms with Gasteiger partial charge in [0, 0.05) is 30.2 Å². The van der Waals surface area contributed by atoms with E-state index in [9.17, 15) is 4.79 Å². The first-order valence-corrected chi connectivity index (χ1v) is 8.41. The highest BCUT2D eigenvalue weighted by molar-refractivity contribution is 5.94. The molecule has 1 amide bonds. The Morgan fingerprint density at radius 1 is 1.32 bits per heavy atom. The van der Waals surface area contributed by atoms with E-state index in [0.717, 1.165) is 18.6 Å². The van der Waals surface area contributed by atoms with Gasteiger partial charge in [-0.15, -0.1) is 0 Å². The van der Waals surface area contributed by atoms with Gasteiger partial charge in [0.25, 0.3) is 5.91 Å². The van der Waals surface area contributed by atoms with Crippen molar-refractivity contribution in [3.05, 3.63) is 35.4 Å². The Kier molecular flexibility index (Phi) is 4.50. The number of nitrogens with one attached hydrogen (secondary N) is 1. The van der Waals surface area contributed by atoms with Crippen LogP contribution in [0.15, 0.2) is 24.3 Å². The van der Waals surface area contributed by atoms with Crippen LogP contribution in [-0.4, -0.2) is 24.7 Å². The third-order valence-corrected chi connectivity index (χ3v) is 5.44. The van der Waals surface area contributed by atoms with E-state index in [1.165, 1.54) is 25.7 Å². The molecule has 3 rings (SSSR count). The summed E-state index contributed by atoms with van der Waals surface area (Å²) in [6, 6.07) is 7.82. The van der Waals surface area contributed by atoms with Gasteiger partial charge in [-0.1, -0.05) is 25.0 Å². The quantitative estimate of drug-likeness (QED) is 0.879. The summed E-state index contributed by atoms with van der Waals surface area (Å²) < 4.78 is 5.90. The molecule has 3 N–H and O–H groups in total. The number of ether oxygens (including phenoxy) is 1. The number of nitrogens with two attached hydrogens (primary N) is 1. The topological polar surface area (TPSA) is 64.3 Å². The number of carbonyl (C=O) groups is 1. The molecule has 4 nitrogen and oxygen atoms in total. The van der Waals surface area contributed by atoms with Crippen LogP contribution in [-0.2, 0) is 11.3 Å². The van der Waals surface area contributed by atoms with Gasteiger partial charge in [0.2, 0.25) is 0 Å². The van der Waals surface area contributed by atoms with Crippen LogP contribution in [0.5, 0.6) is 0 Å². The van der Waals surface area contributed by atoms with Crippen molar-refractivity contribution in [2.45, 2.75) is 57.7 Å². The molecule has 0 heterocycles. The Hall–Kier alpha value is -1.39. The zero-order chi connectivity index (χ0) is 15.6. The van der Waals surface area contributed by atoms with Crippen LogP contribution < -0.4 is 11.1 Å². The number of carbonyl (C=O) groups excluding carboxylic acids is 1. The molecule has 0 bridgehead atoms. The molecule has 0 saturated heterocycles. The Morgan fingerprint density at radius 2 is 2.00 bits per heavy atom. The van der Waals surface area contributed by atoms with E-state index in [0.29, 0.717) is 18.2 Å². The molecule has 0 aliphatic heterocycles. The maximum Gasteiger partial charge on any atom is 0.251 e. The molecule has 2 atom stereocenters. The van der Waals surface area contributed by atoms with Crippen molar-refractivity contribution in [1.82, 2.24) is 5.32 Å². The van der Waals surface area contributed by atoms with Crippen molar-refractivity contribution in [3.63, 3.8) is 0 Å². The van der Waals surface area contributed by atoms with Gasteiger partial charge in [0.1, 0.15) is 0 Å². The highest BCUT2D eigenvalue weighted by Crippen LogP contribution is 2.54. The van der Waals surface area contributed by atoms with Crippen molar-refractivity contribution in [3.8, 4) is 0 Å². The summed E-state index contributed by atoms with van der Waals surface area (Å²) >= 11 is 0. The van der Waals surface area contributed by atoms with E-state index in [4.69, 9.17) is 10.5 Å². The lowest BCUT2D eigenvalue weighted by molar-refractivity contribution is -0.127. The monoisotopic (exact) mass is 302 g/mol. The van der Waals surface area contributed by atoms with Gasteiger partial charge in [0.05, 0.1) is 6.10 Å². The van der Waals surface area contributed by atoms with Crippen molar-refractivity contribution >= 4 is 5.91 Å². The molecule has 2 fully saturated rings. The second-order valence-electron chi connectivity index (χ2n) is 6.55. The largest absolute Gasteiger partial charge is 0.378 e. The number of rotatable bonds is 5. The van der Waals surface area contributed by atoms with Crippen LogP contribution in [0.1, 0.15) is 54.9 Å². The number of hydrogen-bond acceptors (Lipinski definition) is 3. The Balaban J connectivity index is 1.66. The van der Waals surface area contributed by atoms with Crippen LogP contribution in [0.3, 0.4) is 0 Å². The fourth-order valence-electron chi connectivity index (χ4n) is 4.12. The van der Waals surface area contributed by atoms with Crippen LogP contribution in [0.4, 0.5) is 0 Å². The first kappa shape index (κ1) is 15.5. The summed E-state index contributed by atoms with van der Waals surface area (Å²) in [7, 11) is 0. The number of amides is 1. The van der Waals surface area contributed by atoms with Crippen molar-refractivity contribution in [1.29, 1.82) is 0 Å². The highest BCUT2D eigenvalue weighted by atomic mass is 16.5. The summed E-state index contributed by atoms with van der Waals surface area (Å²) in [4.78, 5) is 12.5. The summed E-state index contributed by atoms with van der Waals surface area (Å²) in [5, 5.41) is 3.24. The van der Waals surface area contributed by atoms with E-state index in [-0.39, 0.29) is 17.4 Å². The third-order valence-electron chi connectivity index (χ3n) is 5.44. The van der Waals surface area contributed by atoms with E-state index in [1.54, 1.807) is 0 Å². The van der Waals surface area contributed by atoms with Gasteiger partial charge in [-0.3, -0.25) is 4.79 Å². The zero-order valence-corrected chi connectivity index (χ0v) is 13.3. The molecule has 2 unspecified atom stereocenters. The van der Waals surface area contributed by atoms with Crippen LogP contribution in [0.2, 0.25) is 0 Å². The van der Waals surface area contributed by atoms with Gasteiger partial charge in [-0.05, 0) is 43.9 Å². The molecular weight excluding hydrogens is 276 g/mol.